The van der Waals surface area contributed by atoms with E-state index in [1.54, 1.807) is 0 Å². The molecule has 11 atom stereocenters. The number of hydrogen-bond acceptors (Lipinski definition) is 16. The van der Waals surface area contributed by atoms with Gasteiger partial charge in [-0.15, -0.1) is 0 Å². The predicted molar refractivity (Wildman–Crippen MR) is 96.9 cm³/mol. The topological polar surface area (TPSA) is 321 Å². The van der Waals surface area contributed by atoms with E-state index in [-0.39, 0.29) is 0 Å². The summed E-state index contributed by atoms with van der Waals surface area (Å²) in [5.74, 6) is 0. The van der Waals surface area contributed by atoms with Gasteiger partial charge in [-0.2, -0.15) is 0 Å². The van der Waals surface area contributed by atoms with E-state index < -0.39 is 84.3 Å². The summed E-state index contributed by atoms with van der Waals surface area (Å²) in [5.41, 5.74) is 0. The molecule has 3 fully saturated rings. The van der Waals surface area contributed by atoms with Crippen molar-refractivity contribution in [1.82, 2.24) is 0 Å². The van der Waals surface area contributed by atoms with E-state index in [0.717, 1.165) is 0 Å². The molecule has 0 aromatic heterocycles. The summed E-state index contributed by atoms with van der Waals surface area (Å²) in [4.78, 5) is 76.0. The SMILES string of the molecule is O=[PH](O)OC1C2OP(=O)(O)OP(=O)(O)OC2C2OP(=O)(O)OP(=O)(O)OC2C1O[PH](O)(O)O. The van der Waals surface area contributed by atoms with Crippen molar-refractivity contribution in [3.05, 3.63) is 0 Å². The molecule has 2 saturated heterocycles. The monoisotopic (exact) mass is 610 g/mol. The molecule has 0 radical (unpaired) electrons. The van der Waals surface area contributed by atoms with Crippen molar-refractivity contribution in [2.75, 3.05) is 0 Å². The fourth-order valence-electron chi connectivity index (χ4n) is 3.12. The van der Waals surface area contributed by atoms with Gasteiger partial charge in [0.2, 0.25) is 0 Å². The Hall–Kier alpha value is 0.940. The number of phosphoric acid groups is 4. The van der Waals surface area contributed by atoms with Crippen LogP contribution in [0.4, 0.5) is 0 Å². The first-order valence-corrected chi connectivity index (χ1v) is 16.9. The summed E-state index contributed by atoms with van der Waals surface area (Å²) in [6.07, 6.45) is -14.7. The average molecular weight is 610 g/mol. The van der Waals surface area contributed by atoms with Gasteiger partial charge in [-0.3, -0.25) is 0 Å². The molecule has 0 aromatic rings. The van der Waals surface area contributed by atoms with Crippen molar-refractivity contribution < 1.29 is 97.7 Å². The van der Waals surface area contributed by atoms with E-state index >= 15 is 0 Å². The third-order valence-corrected chi connectivity index (χ3v) is 10.3. The molecule has 3 aliphatic rings. The Balaban J connectivity index is 2.22. The number of fused-ring (bicyclic) bond motifs is 3. The molecule has 27 heteroatoms. The van der Waals surface area contributed by atoms with Gasteiger partial charge in [-0.05, 0) is 0 Å². The van der Waals surface area contributed by atoms with Crippen LogP contribution >= 0.6 is 47.7 Å². The van der Waals surface area contributed by atoms with Gasteiger partial charge in [0.25, 0.3) is 0 Å². The molecule has 33 heavy (non-hydrogen) atoms. The van der Waals surface area contributed by atoms with Crippen LogP contribution in [0.1, 0.15) is 0 Å². The molecule has 21 nitrogen and oxygen atoms in total. The number of hydrogen-bond donors (Lipinski definition) is 8. The first-order chi connectivity index (χ1) is 14.7. The van der Waals surface area contributed by atoms with Crippen molar-refractivity contribution in [1.29, 1.82) is 0 Å². The fraction of sp³-hybridized carbons (Fsp3) is 1.00. The van der Waals surface area contributed by atoms with Crippen LogP contribution in [-0.4, -0.2) is 75.8 Å². The molecule has 0 aromatic carbocycles. The minimum atomic E-state index is -5.74. The van der Waals surface area contributed by atoms with Gasteiger partial charge in [0.1, 0.15) is 0 Å². The van der Waals surface area contributed by atoms with Gasteiger partial charge in [0.15, 0.2) is 0 Å². The molecule has 2 aliphatic heterocycles. The molecular weight excluding hydrogens is 594 g/mol. The van der Waals surface area contributed by atoms with E-state index in [9.17, 15) is 62.0 Å². The van der Waals surface area contributed by atoms with Gasteiger partial charge in [0.05, 0.1) is 0 Å². The third kappa shape index (κ3) is 7.25. The predicted octanol–water partition coefficient (Wildman–Crippen LogP) is -1.46. The van der Waals surface area contributed by atoms with Crippen molar-refractivity contribution >= 4 is 47.7 Å². The van der Waals surface area contributed by atoms with Crippen LogP contribution in [0.5, 0.6) is 0 Å². The van der Waals surface area contributed by atoms with Crippen LogP contribution in [0.3, 0.4) is 0 Å². The molecule has 0 amide bonds. The van der Waals surface area contributed by atoms with Crippen molar-refractivity contribution in [3.8, 4) is 0 Å². The second kappa shape index (κ2) is 9.35. The van der Waals surface area contributed by atoms with E-state index in [4.69, 9.17) is 0 Å². The molecule has 8 N–H and O–H groups in total. The number of rotatable bonds is 4. The zero-order valence-corrected chi connectivity index (χ0v) is 20.7. The Morgan fingerprint density at radius 2 is 1.00 bits per heavy atom. The molecule has 3 rings (SSSR count). The van der Waals surface area contributed by atoms with Crippen LogP contribution in [-0.2, 0) is 58.6 Å². The zero-order chi connectivity index (χ0) is 25.2. The van der Waals surface area contributed by atoms with Gasteiger partial charge in [-0.1, -0.05) is 0 Å². The molecule has 1 saturated carbocycles. The molecule has 2 heterocycles. The van der Waals surface area contributed by atoms with Gasteiger partial charge in [0, 0.05) is 0 Å². The van der Waals surface area contributed by atoms with E-state index in [0.29, 0.717) is 0 Å². The van der Waals surface area contributed by atoms with Crippen LogP contribution < -0.4 is 0 Å². The molecule has 11 unspecified atom stereocenters. The Morgan fingerprint density at radius 3 is 1.33 bits per heavy atom. The minimum absolute atomic E-state index is 2.42. The maximum absolute atomic E-state index is 12.1. The normalized spacial score (nSPS) is 52.6. The maximum atomic E-state index is 12.1. The third-order valence-electron chi connectivity index (χ3n) is 3.91. The van der Waals surface area contributed by atoms with E-state index in [1.165, 1.54) is 0 Å². The quantitative estimate of drug-likeness (QED) is 0.169. The first-order valence-electron chi connectivity index (χ1n) is 7.91. The fourth-order valence-corrected chi connectivity index (χ4v) is 9.15. The van der Waals surface area contributed by atoms with Crippen LogP contribution in [0, 0.1) is 0 Å². The Bertz CT molecular complexity index is 986. The Labute approximate surface area is 182 Å². The van der Waals surface area contributed by atoms with Crippen LogP contribution in [0.25, 0.3) is 0 Å². The summed E-state index contributed by atoms with van der Waals surface area (Å²) < 4.78 is 94.9. The zero-order valence-electron chi connectivity index (χ0n) is 15.1. The van der Waals surface area contributed by atoms with Crippen molar-refractivity contribution in [2.24, 2.45) is 0 Å². The van der Waals surface area contributed by atoms with Crippen molar-refractivity contribution in [2.45, 2.75) is 36.6 Å². The molecule has 0 bridgehead atoms. The summed E-state index contributed by atoms with van der Waals surface area (Å²) in [6.45, 7) is 0. The van der Waals surface area contributed by atoms with Crippen LogP contribution in [0.15, 0.2) is 0 Å². The summed E-state index contributed by atoms with van der Waals surface area (Å²) in [7, 11) is -32.3. The first kappa shape index (κ1) is 28.5. The molecule has 1 aliphatic carbocycles. The number of phosphoric ester groups is 4. The van der Waals surface area contributed by atoms with E-state index in [1.807, 2.05) is 0 Å². The second-order valence-electron chi connectivity index (χ2n) is 6.32. The van der Waals surface area contributed by atoms with E-state index in [2.05, 4.69) is 35.8 Å². The Kier molecular flexibility index (Phi) is 8.08. The molecule has 196 valence electrons. The Morgan fingerprint density at radius 1 is 0.667 bits per heavy atom. The van der Waals surface area contributed by atoms with Crippen molar-refractivity contribution in [3.63, 3.8) is 0 Å². The summed E-state index contributed by atoms with van der Waals surface area (Å²) in [6, 6.07) is 0. The van der Waals surface area contributed by atoms with Gasteiger partial charge >= 0.3 is 182 Å². The molecular formula is C6H16O21P6. The molecule has 0 spiro atoms. The standard InChI is InChI=1S/C6H16O21P6/c7-28(8)20-1-2(21-29(9,10)11)4-6(25-33(18,19)27-31(14,15)23-4)5-3(1)22-30(12,13)26-32(16,17)24-5/h1-6,9-11,28-29H,(H,7,8)(H,12,13)(H,14,15)(H,16,17)(H,18,19). The van der Waals surface area contributed by atoms with Gasteiger partial charge < -0.3 is 0 Å². The van der Waals surface area contributed by atoms with Gasteiger partial charge in [-0.25, -0.2) is 0 Å². The average Bonchev–Trinajstić information content (AvgIpc) is 2.69. The second-order valence-corrected chi connectivity index (χ2v) is 14.4. The summed E-state index contributed by atoms with van der Waals surface area (Å²) >= 11 is 0. The van der Waals surface area contributed by atoms with Crippen LogP contribution in [0.2, 0.25) is 0 Å². The summed E-state index contributed by atoms with van der Waals surface area (Å²) in [5, 5.41) is 0.